The Balaban J connectivity index is 0.00000200. The Bertz CT molecular complexity index is 482. The van der Waals surface area contributed by atoms with Gasteiger partial charge < -0.3 is 15.0 Å². The summed E-state index contributed by atoms with van der Waals surface area (Å²) < 4.78 is 6.50. The summed E-state index contributed by atoms with van der Waals surface area (Å²) in [5.41, 5.74) is 1.05. The van der Waals surface area contributed by atoms with E-state index >= 15 is 0 Å². The normalized spacial score (nSPS) is 14.7. The molecule has 0 saturated carbocycles. The molecule has 1 aromatic rings. The maximum atomic E-state index is 11.8. The molecule has 0 spiro atoms. The van der Waals surface area contributed by atoms with Gasteiger partial charge in [-0.05, 0) is 23.8 Å². The number of hydrogen-bond donors (Lipinski definition) is 1. The molecular formula is C14H18BrClN2O2. The molecule has 1 heterocycles. The van der Waals surface area contributed by atoms with Crippen LogP contribution in [0.2, 0.25) is 0 Å². The van der Waals surface area contributed by atoms with Crippen molar-refractivity contribution in [2.45, 2.75) is 6.54 Å². The molecule has 0 atom stereocenters. The number of carbonyl (C=O) groups is 1. The molecule has 110 valence electrons. The van der Waals surface area contributed by atoms with Crippen LogP contribution in [0.25, 0.3) is 0 Å². The Morgan fingerprint density at radius 1 is 1.50 bits per heavy atom. The van der Waals surface area contributed by atoms with Crippen LogP contribution >= 0.6 is 28.3 Å². The van der Waals surface area contributed by atoms with Crippen LogP contribution in [0.3, 0.4) is 0 Å². The number of halogens is 2. The number of amides is 1. The molecule has 20 heavy (non-hydrogen) atoms. The van der Waals surface area contributed by atoms with Gasteiger partial charge >= 0.3 is 0 Å². The van der Waals surface area contributed by atoms with Crippen LogP contribution in [0.1, 0.15) is 5.56 Å². The third-order valence-corrected chi connectivity index (χ3v) is 3.71. The summed E-state index contributed by atoms with van der Waals surface area (Å²) in [7, 11) is 0. The molecule has 1 amide bonds. The third-order valence-electron chi connectivity index (χ3n) is 2.93. The molecule has 1 fully saturated rings. The predicted octanol–water partition coefficient (Wildman–Crippen LogP) is 2.37. The molecule has 6 heteroatoms. The fourth-order valence-corrected chi connectivity index (χ4v) is 2.31. The van der Waals surface area contributed by atoms with Crippen molar-refractivity contribution >= 4 is 34.2 Å². The van der Waals surface area contributed by atoms with Crippen LogP contribution in [-0.2, 0) is 11.3 Å². The molecule has 1 aliphatic heterocycles. The molecule has 1 saturated heterocycles. The van der Waals surface area contributed by atoms with Crippen molar-refractivity contribution in [2.24, 2.45) is 0 Å². The summed E-state index contributed by atoms with van der Waals surface area (Å²) in [6.07, 6.45) is 1.71. The Hall–Kier alpha value is -1.04. The lowest BCUT2D eigenvalue weighted by Crippen LogP contribution is -2.47. The summed E-state index contributed by atoms with van der Waals surface area (Å²) >= 11 is 3.52. The van der Waals surface area contributed by atoms with E-state index in [0.29, 0.717) is 19.7 Å². The van der Waals surface area contributed by atoms with Gasteiger partial charge in [0.15, 0.2) is 0 Å². The highest BCUT2D eigenvalue weighted by Crippen LogP contribution is 2.24. The quantitative estimate of drug-likeness (QED) is 0.819. The van der Waals surface area contributed by atoms with Gasteiger partial charge in [-0.25, -0.2) is 0 Å². The molecule has 0 bridgehead atoms. The second-order valence-electron chi connectivity index (χ2n) is 4.34. The topological polar surface area (TPSA) is 41.6 Å². The minimum atomic E-state index is 0. The van der Waals surface area contributed by atoms with Crippen LogP contribution in [0.5, 0.6) is 5.75 Å². The van der Waals surface area contributed by atoms with Gasteiger partial charge in [-0.15, -0.1) is 12.4 Å². The minimum Gasteiger partial charge on any atom is -0.490 e. The van der Waals surface area contributed by atoms with Crippen molar-refractivity contribution < 1.29 is 9.53 Å². The summed E-state index contributed by atoms with van der Waals surface area (Å²) in [4.78, 5) is 13.6. The van der Waals surface area contributed by atoms with Gasteiger partial charge in [0.2, 0.25) is 5.91 Å². The van der Waals surface area contributed by atoms with Gasteiger partial charge in [-0.1, -0.05) is 28.6 Å². The monoisotopic (exact) mass is 360 g/mol. The largest absolute Gasteiger partial charge is 0.490 e. The van der Waals surface area contributed by atoms with E-state index in [1.165, 1.54) is 0 Å². The van der Waals surface area contributed by atoms with Crippen molar-refractivity contribution in [1.29, 1.82) is 0 Å². The Labute approximate surface area is 133 Å². The Morgan fingerprint density at radius 2 is 2.30 bits per heavy atom. The minimum absolute atomic E-state index is 0. The van der Waals surface area contributed by atoms with Gasteiger partial charge in [0.05, 0.1) is 6.54 Å². The first-order chi connectivity index (χ1) is 9.20. The van der Waals surface area contributed by atoms with Crippen LogP contribution in [0.15, 0.2) is 35.3 Å². The second kappa shape index (κ2) is 8.29. The zero-order chi connectivity index (χ0) is 13.7. The van der Waals surface area contributed by atoms with Crippen LogP contribution in [0.4, 0.5) is 0 Å². The molecule has 2 rings (SSSR count). The fourth-order valence-electron chi connectivity index (χ4n) is 1.94. The Kier molecular flexibility index (Phi) is 7.05. The number of hydrogen-bond acceptors (Lipinski definition) is 3. The maximum Gasteiger partial charge on any atom is 0.236 e. The van der Waals surface area contributed by atoms with Gasteiger partial charge in [0, 0.05) is 24.1 Å². The third kappa shape index (κ3) is 4.51. The summed E-state index contributed by atoms with van der Waals surface area (Å²) in [5, 5.41) is 3.07. The second-order valence-corrected chi connectivity index (χ2v) is 5.20. The van der Waals surface area contributed by atoms with E-state index < -0.39 is 0 Å². The molecule has 0 radical (unpaired) electrons. The molecule has 1 aliphatic rings. The summed E-state index contributed by atoms with van der Waals surface area (Å²) in [6, 6.07) is 5.81. The lowest BCUT2D eigenvalue weighted by atomic mass is 10.2. The lowest BCUT2D eigenvalue weighted by molar-refractivity contribution is -0.132. The zero-order valence-electron chi connectivity index (χ0n) is 11.1. The fraction of sp³-hybridized carbons (Fsp3) is 0.357. The first kappa shape index (κ1) is 17.0. The SMILES string of the molecule is C=CCOc1ccc(Br)c(CN2CCNCC2=O)c1.Cl. The highest BCUT2D eigenvalue weighted by Gasteiger charge is 2.18. The molecule has 0 aliphatic carbocycles. The first-order valence-electron chi connectivity index (χ1n) is 6.21. The van der Waals surface area contributed by atoms with E-state index in [1.807, 2.05) is 23.1 Å². The Morgan fingerprint density at radius 3 is 3.00 bits per heavy atom. The van der Waals surface area contributed by atoms with Crippen LogP contribution < -0.4 is 10.1 Å². The number of piperazine rings is 1. The smallest absolute Gasteiger partial charge is 0.236 e. The maximum absolute atomic E-state index is 11.8. The number of rotatable bonds is 5. The number of carbonyl (C=O) groups excluding carboxylic acids is 1. The highest BCUT2D eigenvalue weighted by atomic mass is 79.9. The number of nitrogens with one attached hydrogen (secondary N) is 1. The number of ether oxygens (including phenoxy) is 1. The molecule has 0 unspecified atom stereocenters. The predicted molar refractivity (Wildman–Crippen MR) is 85.4 cm³/mol. The van der Waals surface area contributed by atoms with E-state index in [0.717, 1.165) is 28.9 Å². The van der Waals surface area contributed by atoms with Crippen LogP contribution in [0, 0.1) is 0 Å². The highest BCUT2D eigenvalue weighted by molar-refractivity contribution is 9.10. The van der Waals surface area contributed by atoms with Gasteiger partial charge in [0.1, 0.15) is 12.4 Å². The van der Waals surface area contributed by atoms with Crippen molar-refractivity contribution in [3.8, 4) is 5.75 Å². The standard InChI is InChI=1S/C14H17BrN2O2.ClH/c1-2-7-19-12-3-4-13(15)11(8-12)10-17-6-5-16-9-14(17)18;/h2-4,8,16H,1,5-7,9-10H2;1H. The van der Waals surface area contributed by atoms with E-state index in [-0.39, 0.29) is 18.3 Å². The summed E-state index contributed by atoms with van der Waals surface area (Å²) in [6.45, 7) is 6.71. The zero-order valence-corrected chi connectivity index (χ0v) is 13.5. The van der Waals surface area contributed by atoms with E-state index in [1.54, 1.807) is 6.08 Å². The molecular weight excluding hydrogens is 344 g/mol. The average Bonchev–Trinajstić information content (AvgIpc) is 2.42. The average molecular weight is 362 g/mol. The van der Waals surface area contributed by atoms with E-state index in [4.69, 9.17) is 4.74 Å². The van der Waals surface area contributed by atoms with E-state index in [9.17, 15) is 4.79 Å². The number of benzene rings is 1. The van der Waals surface area contributed by atoms with Gasteiger partial charge in [-0.2, -0.15) is 0 Å². The molecule has 4 nitrogen and oxygen atoms in total. The van der Waals surface area contributed by atoms with Crippen LogP contribution in [-0.4, -0.2) is 37.0 Å². The molecule has 1 aromatic carbocycles. The molecule has 1 N–H and O–H groups in total. The molecule has 0 aromatic heterocycles. The van der Waals surface area contributed by atoms with Crippen molar-refractivity contribution in [1.82, 2.24) is 10.2 Å². The van der Waals surface area contributed by atoms with Crippen molar-refractivity contribution in [3.05, 3.63) is 40.9 Å². The van der Waals surface area contributed by atoms with E-state index in [2.05, 4.69) is 27.8 Å². The lowest BCUT2D eigenvalue weighted by Gasteiger charge is -2.27. The van der Waals surface area contributed by atoms with Crippen molar-refractivity contribution in [2.75, 3.05) is 26.2 Å². The first-order valence-corrected chi connectivity index (χ1v) is 7.00. The van der Waals surface area contributed by atoms with Gasteiger partial charge in [0.25, 0.3) is 0 Å². The summed E-state index contributed by atoms with van der Waals surface area (Å²) in [5.74, 6) is 0.927. The van der Waals surface area contributed by atoms with Gasteiger partial charge in [-0.3, -0.25) is 4.79 Å². The number of nitrogens with zero attached hydrogens (tertiary/aromatic N) is 1. The van der Waals surface area contributed by atoms with Crippen molar-refractivity contribution in [3.63, 3.8) is 0 Å².